The first kappa shape index (κ1) is 21.8. The predicted molar refractivity (Wildman–Crippen MR) is 123 cm³/mol. The van der Waals surface area contributed by atoms with Crippen LogP contribution in [0, 0.1) is 29.0 Å². The molecule has 0 aliphatic heterocycles. The van der Waals surface area contributed by atoms with Crippen LogP contribution in [0.1, 0.15) is 56.1 Å². The lowest BCUT2D eigenvalue weighted by molar-refractivity contribution is -0.127. The average molecular weight is 449 g/mol. The topological polar surface area (TPSA) is 79.3 Å². The summed E-state index contributed by atoms with van der Waals surface area (Å²) >= 11 is 0. The molecular weight excluding hydrogens is 419 g/mol. The van der Waals surface area contributed by atoms with Gasteiger partial charge in [-0.25, -0.2) is 9.37 Å². The molecule has 172 valence electrons. The van der Waals surface area contributed by atoms with E-state index >= 15 is 0 Å². The van der Waals surface area contributed by atoms with Gasteiger partial charge in [0, 0.05) is 23.6 Å². The lowest BCUT2D eigenvalue weighted by atomic mass is 9.54. The molecule has 6 heteroatoms. The summed E-state index contributed by atoms with van der Waals surface area (Å²) in [5.74, 6) is 0.480. The molecule has 33 heavy (non-hydrogen) atoms. The van der Waals surface area contributed by atoms with Crippen LogP contribution in [0.25, 0.3) is 0 Å². The van der Waals surface area contributed by atoms with Crippen molar-refractivity contribution < 1.29 is 19.1 Å². The third-order valence-electron chi connectivity index (χ3n) is 8.34. The third kappa shape index (κ3) is 3.56. The molecule has 3 unspecified atom stereocenters. The highest BCUT2D eigenvalue weighted by Crippen LogP contribution is 2.63. The Morgan fingerprint density at radius 3 is 2.88 bits per heavy atom. The number of allylic oxidation sites excluding steroid dienone is 1. The van der Waals surface area contributed by atoms with Crippen molar-refractivity contribution in [1.82, 2.24) is 4.98 Å². The largest absolute Gasteiger partial charge is 0.515 e. The van der Waals surface area contributed by atoms with Gasteiger partial charge in [-0.15, -0.1) is 0 Å². The highest BCUT2D eigenvalue weighted by molar-refractivity contribution is 6.03. The van der Waals surface area contributed by atoms with Crippen molar-refractivity contribution in [2.75, 3.05) is 5.32 Å². The SMILES string of the molecule is C[C@]12CCC3c4cccc(F)c4CCC3C1[C@H](CCC(=O)Nc1ccccn1)/C(=C/O)C2=O. The van der Waals surface area contributed by atoms with Crippen molar-refractivity contribution in [2.24, 2.45) is 23.2 Å². The number of hydrogen-bond donors (Lipinski definition) is 2. The van der Waals surface area contributed by atoms with Crippen molar-refractivity contribution in [2.45, 2.75) is 51.4 Å². The molecule has 2 saturated carbocycles. The number of rotatable bonds is 4. The van der Waals surface area contributed by atoms with Gasteiger partial charge in [0.15, 0.2) is 5.78 Å². The molecule has 0 bridgehead atoms. The van der Waals surface area contributed by atoms with E-state index in [4.69, 9.17) is 0 Å². The minimum absolute atomic E-state index is 0.00798. The number of halogens is 1. The first-order chi connectivity index (χ1) is 15.9. The molecule has 5 nitrogen and oxygen atoms in total. The molecule has 2 N–H and O–H groups in total. The normalized spacial score (nSPS) is 31.6. The van der Waals surface area contributed by atoms with Gasteiger partial charge in [-0.1, -0.05) is 25.1 Å². The number of nitrogens with zero attached hydrogens (tertiary/aromatic N) is 1. The van der Waals surface area contributed by atoms with Crippen molar-refractivity contribution in [3.05, 3.63) is 71.4 Å². The van der Waals surface area contributed by atoms with Crippen LogP contribution in [-0.2, 0) is 16.0 Å². The summed E-state index contributed by atoms with van der Waals surface area (Å²) in [4.78, 5) is 30.2. The van der Waals surface area contributed by atoms with Crippen molar-refractivity contribution in [3.8, 4) is 0 Å². The molecule has 1 aromatic heterocycles. The van der Waals surface area contributed by atoms with E-state index in [1.807, 2.05) is 19.1 Å². The molecule has 0 spiro atoms. The second-order valence-corrected chi connectivity index (χ2v) is 9.92. The number of hydrogen-bond acceptors (Lipinski definition) is 4. The fourth-order valence-corrected chi connectivity index (χ4v) is 6.94. The first-order valence-corrected chi connectivity index (χ1v) is 11.8. The zero-order valence-corrected chi connectivity index (χ0v) is 18.8. The molecule has 0 radical (unpaired) electrons. The zero-order valence-electron chi connectivity index (χ0n) is 18.8. The first-order valence-electron chi connectivity index (χ1n) is 11.8. The summed E-state index contributed by atoms with van der Waals surface area (Å²) in [5.41, 5.74) is 1.78. The Bertz CT molecular complexity index is 1120. The monoisotopic (exact) mass is 448 g/mol. The van der Waals surface area contributed by atoms with Gasteiger partial charge in [0.25, 0.3) is 0 Å². The highest BCUT2D eigenvalue weighted by atomic mass is 19.1. The Morgan fingerprint density at radius 2 is 2.12 bits per heavy atom. The van der Waals surface area contributed by atoms with Crippen LogP contribution in [0.2, 0.25) is 0 Å². The van der Waals surface area contributed by atoms with Gasteiger partial charge in [-0.05, 0) is 85.1 Å². The van der Waals surface area contributed by atoms with Gasteiger partial charge in [0.1, 0.15) is 11.6 Å². The van der Waals surface area contributed by atoms with E-state index in [1.54, 1.807) is 24.4 Å². The fourth-order valence-electron chi connectivity index (χ4n) is 6.94. The third-order valence-corrected chi connectivity index (χ3v) is 8.34. The lowest BCUT2D eigenvalue weighted by Crippen LogP contribution is -2.44. The van der Waals surface area contributed by atoms with Crippen LogP contribution in [-0.4, -0.2) is 21.8 Å². The number of aliphatic hydroxyl groups excluding tert-OH is 1. The van der Waals surface area contributed by atoms with E-state index in [9.17, 15) is 19.1 Å². The second-order valence-electron chi connectivity index (χ2n) is 9.92. The standard InChI is InChI=1S/C27H29FN2O3/c1-27-13-12-17-16-5-4-6-22(28)18(16)8-9-19(17)25(27)20(21(15-31)26(27)33)10-11-24(32)30-23-7-2-3-14-29-23/h2-7,14-15,17,19-20,25,31H,8-13H2,1H3,(H,29,30,32)/b21-15-/t17?,19?,20-,25?,27+/m1/s1. The Kier molecular flexibility index (Phi) is 5.55. The van der Waals surface area contributed by atoms with Crippen LogP contribution in [0.15, 0.2) is 54.4 Å². The summed E-state index contributed by atoms with van der Waals surface area (Å²) in [6.45, 7) is 2.02. The molecule has 3 aliphatic rings. The molecule has 3 aliphatic carbocycles. The molecule has 1 heterocycles. The number of Topliss-reactive ketones (excluding diaryl/α,β-unsaturated/α-hetero) is 1. The maximum atomic E-state index is 14.5. The summed E-state index contributed by atoms with van der Waals surface area (Å²) < 4.78 is 14.5. The van der Waals surface area contributed by atoms with Crippen LogP contribution < -0.4 is 5.32 Å². The number of fused-ring (bicyclic) bond motifs is 5. The summed E-state index contributed by atoms with van der Waals surface area (Å²) in [6.07, 6.45) is 6.34. The van der Waals surface area contributed by atoms with Crippen LogP contribution in [0.4, 0.5) is 10.2 Å². The zero-order chi connectivity index (χ0) is 23.2. The number of aliphatic hydroxyl groups is 1. The number of aromatic nitrogens is 1. The number of amides is 1. The Hall–Kier alpha value is -3.02. The van der Waals surface area contributed by atoms with Gasteiger partial charge < -0.3 is 10.4 Å². The molecule has 1 amide bonds. The van der Waals surface area contributed by atoms with E-state index < -0.39 is 5.41 Å². The summed E-state index contributed by atoms with van der Waals surface area (Å²) in [7, 11) is 0. The predicted octanol–water partition coefficient (Wildman–Crippen LogP) is 5.34. The van der Waals surface area contributed by atoms with Gasteiger partial charge in [0.2, 0.25) is 5.91 Å². The van der Waals surface area contributed by atoms with Gasteiger partial charge in [-0.3, -0.25) is 9.59 Å². The number of ketones is 1. The molecule has 2 fully saturated rings. The van der Waals surface area contributed by atoms with Crippen LogP contribution >= 0.6 is 0 Å². The minimum Gasteiger partial charge on any atom is -0.515 e. The van der Waals surface area contributed by atoms with E-state index in [0.717, 1.165) is 30.2 Å². The number of nitrogens with one attached hydrogen (secondary N) is 1. The van der Waals surface area contributed by atoms with Crippen LogP contribution in [0.3, 0.4) is 0 Å². The van der Waals surface area contributed by atoms with Gasteiger partial charge in [-0.2, -0.15) is 0 Å². The molecule has 5 rings (SSSR count). The van der Waals surface area contributed by atoms with Crippen molar-refractivity contribution in [1.29, 1.82) is 0 Å². The second kappa shape index (κ2) is 8.40. The van der Waals surface area contributed by atoms with E-state index in [2.05, 4.69) is 10.3 Å². The van der Waals surface area contributed by atoms with Gasteiger partial charge >= 0.3 is 0 Å². The molecule has 2 aromatic rings. The van der Waals surface area contributed by atoms with E-state index in [1.165, 1.54) is 6.07 Å². The number of carbonyl (C=O) groups excluding carboxylic acids is 2. The molecule has 5 atom stereocenters. The minimum atomic E-state index is -0.553. The Labute approximate surface area is 193 Å². The Balaban J connectivity index is 1.41. The smallest absolute Gasteiger partial charge is 0.225 e. The number of anilines is 1. The maximum Gasteiger partial charge on any atom is 0.225 e. The molecule has 1 aromatic carbocycles. The lowest BCUT2D eigenvalue weighted by Gasteiger charge is -2.49. The molecular formula is C27H29FN2O3. The van der Waals surface area contributed by atoms with Crippen LogP contribution in [0.5, 0.6) is 0 Å². The number of carbonyl (C=O) groups is 2. The number of benzene rings is 1. The maximum absolute atomic E-state index is 14.5. The number of pyridine rings is 1. The van der Waals surface area contributed by atoms with E-state index in [-0.39, 0.29) is 47.6 Å². The molecule has 0 saturated heterocycles. The summed E-state index contributed by atoms with van der Waals surface area (Å²) in [5, 5.41) is 12.8. The Morgan fingerprint density at radius 1 is 1.27 bits per heavy atom. The van der Waals surface area contributed by atoms with E-state index in [0.29, 0.717) is 30.7 Å². The quantitative estimate of drug-likeness (QED) is 0.489. The van der Waals surface area contributed by atoms with Crippen molar-refractivity contribution in [3.63, 3.8) is 0 Å². The van der Waals surface area contributed by atoms with Crippen molar-refractivity contribution >= 4 is 17.5 Å². The fraction of sp³-hybridized carbons (Fsp3) is 0.444. The summed E-state index contributed by atoms with van der Waals surface area (Å²) in [6, 6.07) is 10.7. The van der Waals surface area contributed by atoms with Gasteiger partial charge in [0.05, 0.1) is 6.26 Å². The average Bonchev–Trinajstić information content (AvgIpc) is 3.04. The highest BCUT2D eigenvalue weighted by Gasteiger charge is 2.60.